The molecule has 1 saturated heterocycles. The Kier molecular flexibility index (Phi) is 4.81. The summed E-state index contributed by atoms with van der Waals surface area (Å²) in [6, 6.07) is 0. The first-order valence-corrected chi connectivity index (χ1v) is 5.28. The molecule has 4 heteroatoms. The van der Waals surface area contributed by atoms with Gasteiger partial charge in [0.2, 0.25) is 0 Å². The molecule has 84 valence electrons. The highest BCUT2D eigenvalue weighted by molar-refractivity contribution is 4.82. The van der Waals surface area contributed by atoms with E-state index in [2.05, 4.69) is 24.2 Å². The average Bonchev–Trinajstić information content (AvgIpc) is 2.19. The van der Waals surface area contributed by atoms with Gasteiger partial charge in [-0.3, -0.25) is 4.90 Å². The minimum atomic E-state index is 0.209. The normalized spacial score (nSPS) is 19.9. The van der Waals surface area contributed by atoms with E-state index in [-0.39, 0.29) is 5.54 Å². The van der Waals surface area contributed by atoms with Gasteiger partial charge in [0.05, 0.1) is 19.8 Å². The Morgan fingerprint density at radius 1 is 1.36 bits per heavy atom. The summed E-state index contributed by atoms with van der Waals surface area (Å²) in [6.07, 6.45) is 1.04. The third-order valence-electron chi connectivity index (χ3n) is 2.83. The average molecular weight is 202 g/mol. The molecule has 0 bridgehead atoms. The maximum Gasteiger partial charge on any atom is 0.0699 e. The van der Waals surface area contributed by atoms with E-state index in [9.17, 15) is 0 Å². The Labute approximate surface area is 86.5 Å². The molecule has 4 nitrogen and oxygen atoms in total. The topological polar surface area (TPSA) is 33.7 Å². The third kappa shape index (κ3) is 3.53. The predicted molar refractivity (Wildman–Crippen MR) is 56.1 cm³/mol. The van der Waals surface area contributed by atoms with Crippen LogP contribution in [0.3, 0.4) is 0 Å². The van der Waals surface area contributed by atoms with Gasteiger partial charge in [0, 0.05) is 25.7 Å². The van der Waals surface area contributed by atoms with Gasteiger partial charge in [0.1, 0.15) is 0 Å². The number of rotatable bonds is 5. The fourth-order valence-electron chi connectivity index (χ4n) is 1.73. The first-order valence-electron chi connectivity index (χ1n) is 5.28. The van der Waals surface area contributed by atoms with Crippen LogP contribution in [0.5, 0.6) is 0 Å². The minimum Gasteiger partial charge on any atom is -0.379 e. The number of nitrogens with one attached hydrogen (secondary N) is 1. The van der Waals surface area contributed by atoms with Gasteiger partial charge in [-0.25, -0.2) is 5.48 Å². The molecule has 0 aliphatic carbocycles. The molecule has 0 unspecified atom stereocenters. The minimum absolute atomic E-state index is 0.209. The van der Waals surface area contributed by atoms with E-state index in [4.69, 9.17) is 9.57 Å². The van der Waals surface area contributed by atoms with Crippen molar-refractivity contribution in [1.29, 1.82) is 0 Å². The summed E-state index contributed by atoms with van der Waals surface area (Å²) >= 11 is 0. The fraction of sp³-hybridized carbons (Fsp3) is 1.00. The van der Waals surface area contributed by atoms with Gasteiger partial charge in [-0.1, -0.05) is 0 Å². The van der Waals surface area contributed by atoms with Gasteiger partial charge >= 0.3 is 0 Å². The SMILES string of the molecule is CNOCCC(C)(C)N1CCOCC1. The summed E-state index contributed by atoms with van der Waals surface area (Å²) < 4.78 is 5.34. The summed E-state index contributed by atoms with van der Waals surface area (Å²) in [5.74, 6) is 0. The Balaban J connectivity index is 2.29. The van der Waals surface area contributed by atoms with Gasteiger partial charge in [0.15, 0.2) is 0 Å². The van der Waals surface area contributed by atoms with Crippen molar-refractivity contribution in [2.45, 2.75) is 25.8 Å². The standard InChI is InChI=1S/C10H22N2O2/c1-10(2,4-7-14-11-3)12-5-8-13-9-6-12/h11H,4-9H2,1-3H3. The first kappa shape index (κ1) is 11.9. The molecule has 0 spiro atoms. The van der Waals surface area contributed by atoms with Crippen LogP contribution in [0, 0.1) is 0 Å². The number of hydroxylamine groups is 1. The molecular weight excluding hydrogens is 180 g/mol. The lowest BCUT2D eigenvalue weighted by Crippen LogP contribution is -2.50. The zero-order valence-corrected chi connectivity index (χ0v) is 9.51. The largest absolute Gasteiger partial charge is 0.379 e. The van der Waals surface area contributed by atoms with E-state index in [1.807, 2.05) is 0 Å². The van der Waals surface area contributed by atoms with Crippen molar-refractivity contribution in [3.8, 4) is 0 Å². The molecular formula is C10H22N2O2. The van der Waals surface area contributed by atoms with Crippen molar-refractivity contribution in [3.63, 3.8) is 0 Å². The highest BCUT2D eigenvalue weighted by Crippen LogP contribution is 2.19. The van der Waals surface area contributed by atoms with Crippen molar-refractivity contribution in [2.24, 2.45) is 0 Å². The predicted octanol–water partition coefficient (Wildman–Crippen LogP) is 0.638. The molecule has 0 atom stereocenters. The van der Waals surface area contributed by atoms with Crippen molar-refractivity contribution in [1.82, 2.24) is 10.4 Å². The van der Waals surface area contributed by atoms with E-state index in [0.717, 1.165) is 39.3 Å². The van der Waals surface area contributed by atoms with Crippen LogP contribution in [0.2, 0.25) is 0 Å². The molecule has 1 fully saturated rings. The van der Waals surface area contributed by atoms with Crippen molar-refractivity contribution in [2.75, 3.05) is 40.0 Å². The Morgan fingerprint density at radius 2 is 2.00 bits per heavy atom. The fourth-order valence-corrected chi connectivity index (χ4v) is 1.73. The summed E-state index contributed by atoms with van der Waals surface area (Å²) in [5, 5.41) is 0. The molecule has 0 saturated carbocycles. The molecule has 1 aliphatic heterocycles. The zero-order chi connectivity index (χ0) is 10.4. The highest BCUT2D eigenvalue weighted by atomic mass is 16.6. The number of hydrogen-bond donors (Lipinski definition) is 1. The van der Waals surface area contributed by atoms with E-state index < -0.39 is 0 Å². The van der Waals surface area contributed by atoms with Gasteiger partial charge in [-0.2, -0.15) is 0 Å². The molecule has 1 N–H and O–H groups in total. The molecule has 0 aromatic heterocycles. The number of ether oxygens (including phenoxy) is 1. The Hall–Kier alpha value is -0.160. The molecule has 0 aromatic rings. The monoisotopic (exact) mass is 202 g/mol. The Morgan fingerprint density at radius 3 is 2.57 bits per heavy atom. The lowest BCUT2D eigenvalue weighted by atomic mass is 9.98. The second-order valence-corrected chi connectivity index (χ2v) is 4.21. The van der Waals surface area contributed by atoms with Crippen LogP contribution >= 0.6 is 0 Å². The molecule has 0 radical (unpaired) electrons. The second-order valence-electron chi connectivity index (χ2n) is 4.21. The van der Waals surface area contributed by atoms with Gasteiger partial charge < -0.3 is 9.57 Å². The smallest absolute Gasteiger partial charge is 0.0699 e. The van der Waals surface area contributed by atoms with Crippen molar-refractivity contribution in [3.05, 3.63) is 0 Å². The van der Waals surface area contributed by atoms with Crippen LogP contribution in [0.15, 0.2) is 0 Å². The van der Waals surface area contributed by atoms with Gasteiger partial charge in [-0.15, -0.1) is 0 Å². The zero-order valence-electron chi connectivity index (χ0n) is 9.51. The molecule has 1 rings (SSSR count). The molecule has 0 amide bonds. The van der Waals surface area contributed by atoms with Crippen LogP contribution in [-0.4, -0.2) is 50.4 Å². The summed E-state index contributed by atoms with van der Waals surface area (Å²) in [4.78, 5) is 7.62. The highest BCUT2D eigenvalue weighted by Gasteiger charge is 2.27. The third-order valence-corrected chi connectivity index (χ3v) is 2.83. The van der Waals surface area contributed by atoms with E-state index in [1.165, 1.54) is 0 Å². The van der Waals surface area contributed by atoms with Crippen molar-refractivity contribution < 1.29 is 9.57 Å². The summed E-state index contributed by atoms with van der Waals surface area (Å²) in [5.41, 5.74) is 2.91. The van der Waals surface area contributed by atoms with Gasteiger partial charge in [0.25, 0.3) is 0 Å². The van der Waals surface area contributed by atoms with E-state index in [1.54, 1.807) is 7.05 Å². The van der Waals surface area contributed by atoms with Crippen LogP contribution in [0.4, 0.5) is 0 Å². The van der Waals surface area contributed by atoms with E-state index >= 15 is 0 Å². The number of nitrogens with zero attached hydrogens (tertiary/aromatic N) is 1. The summed E-state index contributed by atoms with van der Waals surface area (Å²) in [7, 11) is 1.79. The van der Waals surface area contributed by atoms with Crippen LogP contribution in [0.1, 0.15) is 20.3 Å². The maximum absolute atomic E-state index is 5.34. The quantitative estimate of drug-likeness (QED) is 0.524. The summed E-state index contributed by atoms with van der Waals surface area (Å²) in [6.45, 7) is 9.06. The molecule has 0 aromatic carbocycles. The van der Waals surface area contributed by atoms with Crippen LogP contribution in [0.25, 0.3) is 0 Å². The second kappa shape index (κ2) is 5.66. The lowest BCUT2D eigenvalue weighted by Gasteiger charge is -2.40. The van der Waals surface area contributed by atoms with Crippen molar-refractivity contribution >= 4 is 0 Å². The van der Waals surface area contributed by atoms with Crippen LogP contribution < -0.4 is 5.48 Å². The first-order chi connectivity index (χ1) is 6.67. The lowest BCUT2D eigenvalue weighted by molar-refractivity contribution is -0.0307. The maximum atomic E-state index is 5.34. The Bertz CT molecular complexity index is 156. The molecule has 14 heavy (non-hydrogen) atoms. The molecule has 1 aliphatic rings. The van der Waals surface area contributed by atoms with E-state index in [0.29, 0.717) is 0 Å². The van der Waals surface area contributed by atoms with Crippen LogP contribution in [-0.2, 0) is 9.57 Å². The van der Waals surface area contributed by atoms with Gasteiger partial charge in [-0.05, 0) is 20.3 Å². The molecule has 1 heterocycles. The number of morpholine rings is 1. The number of hydrogen-bond acceptors (Lipinski definition) is 4.